The fourth-order valence-corrected chi connectivity index (χ4v) is 1.40. The molecule has 2 unspecified atom stereocenters. The van der Waals surface area contributed by atoms with Crippen molar-refractivity contribution in [2.75, 3.05) is 6.67 Å². The quantitative estimate of drug-likeness (QED) is 0.684. The van der Waals surface area contributed by atoms with Crippen LogP contribution in [0.15, 0.2) is 9.98 Å². The molecule has 0 aromatic rings. The lowest BCUT2D eigenvalue weighted by Gasteiger charge is -2.34. The molecule has 0 amide bonds. The van der Waals surface area contributed by atoms with Crippen LogP contribution in [0, 0.1) is 5.92 Å². The average molecular weight is 199 g/mol. The maximum absolute atomic E-state index is 13.2. The van der Waals surface area contributed by atoms with Crippen LogP contribution in [0.2, 0.25) is 0 Å². The van der Waals surface area contributed by atoms with Gasteiger partial charge in [-0.1, -0.05) is 13.8 Å². The summed E-state index contributed by atoms with van der Waals surface area (Å²) >= 11 is 0. The number of aliphatic imine (C=N–C) groups is 2. The molecule has 0 bridgehead atoms. The Bertz CT molecular complexity index is 246. The van der Waals surface area contributed by atoms with Crippen LogP contribution in [0.1, 0.15) is 27.7 Å². The molecule has 2 atom stereocenters. The summed E-state index contributed by atoms with van der Waals surface area (Å²) in [5.41, 5.74) is 0. The van der Waals surface area contributed by atoms with Gasteiger partial charge in [-0.15, -0.1) is 0 Å². The molecule has 0 saturated carbocycles. The first-order chi connectivity index (χ1) is 6.54. The fourth-order valence-electron chi connectivity index (χ4n) is 1.40. The summed E-state index contributed by atoms with van der Waals surface area (Å²) < 4.78 is 13.2. The molecule has 1 rings (SSSR count). The summed E-state index contributed by atoms with van der Waals surface area (Å²) in [6, 6.07) is 0.268. The van der Waals surface area contributed by atoms with E-state index < -0.39 is 6.17 Å². The van der Waals surface area contributed by atoms with E-state index in [-0.39, 0.29) is 6.04 Å². The molecular formula is C10H18FN3. The fraction of sp³-hybridized carbons (Fsp3) is 0.800. The Kier molecular flexibility index (Phi) is 3.61. The first kappa shape index (κ1) is 11.1. The third kappa shape index (κ3) is 2.30. The van der Waals surface area contributed by atoms with Crippen molar-refractivity contribution >= 4 is 12.2 Å². The summed E-state index contributed by atoms with van der Waals surface area (Å²) in [6.07, 6.45) is 0.414. The maximum atomic E-state index is 13.2. The van der Waals surface area contributed by atoms with E-state index >= 15 is 0 Å². The van der Waals surface area contributed by atoms with E-state index in [1.807, 2.05) is 4.90 Å². The summed E-state index contributed by atoms with van der Waals surface area (Å²) in [5.74, 6) is 0.966. The Morgan fingerprint density at radius 2 is 2.00 bits per heavy atom. The van der Waals surface area contributed by atoms with Crippen LogP contribution in [-0.4, -0.2) is 36.0 Å². The number of nitrogens with zero attached hydrogens (tertiary/aromatic N) is 3. The number of alkyl halides is 1. The molecule has 0 aromatic carbocycles. The number of hydrogen-bond acceptors (Lipinski definition) is 3. The van der Waals surface area contributed by atoms with Gasteiger partial charge in [0.15, 0.2) is 6.17 Å². The van der Waals surface area contributed by atoms with Crippen LogP contribution in [0.4, 0.5) is 4.39 Å². The van der Waals surface area contributed by atoms with Gasteiger partial charge in [0.25, 0.3) is 0 Å². The van der Waals surface area contributed by atoms with Crippen molar-refractivity contribution in [3.8, 4) is 0 Å². The van der Waals surface area contributed by atoms with Gasteiger partial charge in [0.1, 0.15) is 18.8 Å². The molecule has 14 heavy (non-hydrogen) atoms. The average Bonchev–Trinajstić information content (AvgIpc) is 2.16. The Morgan fingerprint density at radius 3 is 2.50 bits per heavy atom. The van der Waals surface area contributed by atoms with Crippen LogP contribution in [0.25, 0.3) is 0 Å². The van der Waals surface area contributed by atoms with Crippen LogP contribution >= 0.6 is 0 Å². The van der Waals surface area contributed by atoms with Gasteiger partial charge >= 0.3 is 0 Å². The minimum atomic E-state index is -1.03. The van der Waals surface area contributed by atoms with Crippen LogP contribution in [-0.2, 0) is 0 Å². The van der Waals surface area contributed by atoms with Crippen LogP contribution < -0.4 is 0 Å². The molecule has 0 aromatic heterocycles. The smallest absolute Gasteiger partial charge is 0.155 e. The lowest BCUT2D eigenvalue weighted by atomic mass is 10.0. The molecule has 0 aliphatic carbocycles. The third-order valence-corrected chi connectivity index (χ3v) is 2.61. The zero-order valence-electron chi connectivity index (χ0n) is 9.24. The summed E-state index contributed by atoms with van der Waals surface area (Å²) in [5, 5.41) is 0. The lowest BCUT2D eigenvalue weighted by Crippen LogP contribution is -2.46. The molecule has 0 spiro atoms. The van der Waals surface area contributed by atoms with Crippen molar-refractivity contribution in [3.05, 3.63) is 0 Å². The van der Waals surface area contributed by atoms with Gasteiger partial charge in [0.05, 0.1) is 0 Å². The van der Waals surface area contributed by atoms with Gasteiger partial charge in [0, 0.05) is 6.04 Å². The Balaban J connectivity index is 2.78. The van der Waals surface area contributed by atoms with Crippen molar-refractivity contribution in [3.63, 3.8) is 0 Å². The highest BCUT2D eigenvalue weighted by molar-refractivity contribution is 5.93. The van der Waals surface area contributed by atoms with Gasteiger partial charge in [0.2, 0.25) is 0 Å². The van der Waals surface area contributed by atoms with E-state index in [0.717, 1.165) is 0 Å². The molecule has 1 heterocycles. The summed E-state index contributed by atoms with van der Waals surface area (Å²) in [6.45, 7) is 8.33. The van der Waals surface area contributed by atoms with E-state index in [1.54, 1.807) is 0 Å². The zero-order chi connectivity index (χ0) is 10.7. The topological polar surface area (TPSA) is 28.0 Å². The maximum Gasteiger partial charge on any atom is 0.155 e. The molecule has 0 N–H and O–H groups in total. The molecule has 0 fully saturated rings. The van der Waals surface area contributed by atoms with Crippen molar-refractivity contribution in [2.45, 2.75) is 39.9 Å². The van der Waals surface area contributed by atoms with E-state index in [2.05, 4.69) is 30.8 Å². The second kappa shape index (κ2) is 4.53. The molecular weight excluding hydrogens is 181 g/mol. The van der Waals surface area contributed by atoms with Crippen molar-refractivity contribution in [1.29, 1.82) is 0 Å². The van der Waals surface area contributed by atoms with Gasteiger partial charge < -0.3 is 4.90 Å². The highest BCUT2D eigenvalue weighted by atomic mass is 19.1. The van der Waals surface area contributed by atoms with Crippen molar-refractivity contribution < 1.29 is 4.39 Å². The molecule has 1 aliphatic heterocycles. The lowest BCUT2D eigenvalue weighted by molar-refractivity contribution is 0.250. The first-order valence-corrected chi connectivity index (χ1v) is 5.00. The predicted molar refractivity (Wildman–Crippen MR) is 57.5 cm³/mol. The largest absolute Gasteiger partial charge is 0.335 e. The number of halogens is 1. The number of rotatable bonds is 3. The second-order valence-electron chi connectivity index (χ2n) is 4.00. The van der Waals surface area contributed by atoms with E-state index in [1.165, 1.54) is 13.3 Å². The standard InChI is InChI=1S/C10H18FN3/c1-7(2)9(4)14-6-12-5-13-10(14)8(3)11/h5,7-9H,6H2,1-4H3. The molecule has 4 heteroatoms. The Hall–Kier alpha value is -0.930. The summed E-state index contributed by atoms with van der Waals surface area (Å²) in [7, 11) is 0. The summed E-state index contributed by atoms with van der Waals surface area (Å²) in [4.78, 5) is 9.96. The van der Waals surface area contributed by atoms with Crippen molar-refractivity contribution in [1.82, 2.24) is 4.90 Å². The number of hydrogen-bond donors (Lipinski definition) is 0. The third-order valence-electron chi connectivity index (χ3n) is 2.61. The monoisotopic (exact) mass is 199 g/mol. The predicted octanol–water partition coefficient (Wildman–Crippen LogP) is 2.09. The van der Waals surface area contributed by atoms with Gasteiger partial charge in [-0.05, 0) is 19.8 Å². The van der Waals surface area contributed by atoms with Crippen LogP contribution in [0.3, 0.4) is 0 Å². The minimum absolute atomic E-state index is 0.268. The zero-order valence-corrected chi connectivity index (χ0v) is 9.24. The van der Waals surface area contributed by atoms with Gasteiger partial charge in [-0.25, -0.2) is 9.38 Å². The van der Waals surface area contributed by atoms with E-state index in [9.17, 15) is 4.39 Å². The first-order valence-electron chi connectivity index (χ1n) is 5.00. The minimum Gasteiger partial charge on any atom is -0.335 e. The molecule has 3 nitrogen and oxygen atoms in total. The van der Waals surface area contributed by atoms with Gasteiger partial charge in [-0.3, -0.25) is 4.99 Å². The van der Waals surface area contributed by atoms with Crippen molar-refractivity contribution in [2.24, 2.45) is 15.9 Å². The van der Waals surface area contributed by atoms with E-state index in [0.29, 0.717) is 18.4 Å². The second-order valence-corrected chi connectivity index (χ2v) is 4.00. The normalized spacial score (nSPS) is 21.0. The van der Waals surface area contributed by atoms with Crippen LogP contribution in [0.5, 0.6) is 0 Å². The highest BCUT2D eigenvalue weighted by Crippen LogP contribution is 2.15. The van der Waals surface area contributed by atoms with E-state index in [4.69, 9.17) is 0 Å². The Morgan fingerprint density at radius 1 is 1.36 bits per heavy atom. The Labute approximate surface area is 84.7 Å². The molecule has 1 aliphatic rings. The molecule has 0 saturated heterocycles. The molecule has 0 radical (unpaired) electrons. The number of amidine groups is 1. The molecule has 80 valence electrons. The highest BCUT2D eigenvalue weighted by Gasteiger charge is 2.25. The SMILES string of the molecule is CC(F)C1=NC=NCN1C(C)C(C)C. The van der Waals surface area contributed by atoms with Gasteiger partial charge in [-0.2, -0.15) is 0 Å².